The number of carbonyl (C=O) groups excluding carboxylic acids is 1. The normalized spacial score (nSPS) is 41.2. The summed E-state index contributed by atoms with van der Waals surface area (Å²) < 4.78 is 5.62. The maximum atomic E-state index is 12.6. The smallest absolute Gasteiger partial charge is 0.163 e. The van der Waals surface area contributed by atoms with Gasteiger partial charge in [0.1, 0.15) is 5.54 Å². The van der Waals surface area contributed by atoms with Crippen molar-refractivity contribution < 1.29 is 14.6 Å². The van der Waals surface area contributed by atoms with Crippen molar-refractivity contribution in [1.82, 2.24) is 4.90 Å². The molecule has 0 aromatic rings. The van der Waals surface area contributed by atoms with Crippen LogP contribution in [0.5, 0.6) is 0 Å². The number of aliphatic hydroxyl groups excluding tert-OH is 1. The second kappa shape index (κ2) is 4.34. The van der Waals surface area contributed by atoms with Crippen LogP contribution in [-0.4, -0.2) is 53.7 Å². The first kappa shape index (κ1) is 13.0. The third kappa shape index (κ3) is 1.92. The van der Waals surface area contributed by atoms with Crippen LogP contribution in [0.15, 0.2) is 0 Å². The number of ketones is 1. The summed E-state index contributed by atoms with van der Waals surface area (Å²) in [6.45, 7) is 7.91. The predicted molar refractivity (Wildman–Crippen MR) is 64.8 cm³/mol. The van der Waals surface area contributed by atoms with Gasteiger partial charge in [0.25, 0.3) is 0 Å². The number of piperidine rings is 3. The standard InChI is InChI=1S/C13H23NO3/c1-10(2)17-9-13(8-15)11(16)12(3)4-6-14(13)7-5-12/h10,15H,4-9H2,1-3H3/t13-/m1/s1. The molecule has 98 valence electrons. The van der Waals surface area contributed by atoms with Crippen LogP contribution >= 0.6 is 0 Å². The Balaban J connectivity index is 2.23. The van der Waals surface area contributed by atoms with E-state index in [1.165, 1.54) is 0 Å². The maximum Gasteiger partial charge on any atom is 0.163 e. The van der Waals surface area contributed by atoms with E-state index in [-0.39, 0.29) is 23.9 Å². The van der Waals surface area contributed by atoms with E-state index in [2.05, 4.69) is 4.90 Å². The summed E-state index contributed by atoms with van der Waals surface area (Å²) in [6.07, 6.45) is 1.91. The van der Waals surface area contributed by atoms with Crippen molar-refractivity contribution in [3.8, 4) is 0 Å². The van der Waals surface area contributed by atoms with Crippen molar-refractivity contribution in [3.63, 3.8) is 0 Å². The number of fused-ring (bicyclic) bond motifs is 3. The van der Waals surface area contributed by atoms with Gasteiger partial charge in [-0.15, -0.1) is 0 Å². The molecule has 4 heteroatoms. The molecule has 3 heterocycles. The van der Waals surface area contributed by atoms with Gasteiger partial charge in [0.05, 0.1) is 19.3 Å². The summed E-state index contributed by atoms with van der Waals surface area (Å²) in [7, 11) is 0. The monoisotopic (exact) mass is 241 g/mol. The lowest BCUT2D eigenvalue weighted by Crippen LogP contribution is -2.72. The van der Waals surface area contributed by atoms with Gasteiger partial charge in [-0.2, -0.15) is 0 Å². The second-order valence-corrected chi connectivity index (χ2v) is 5.93. The molecule has 2 bridgehead atoms. The molecule has 0 aromatic carbocycles. The molecule has 3 aliphatic heterocycles. The molecule has 0 amide bonds. The van der Waals surface area contributed by atoms with Crippen molar-refractivity contribution in [2.24, 2.45) is 5.41 Å². The Labute approximate surface area is 103 Å². The van der Waals surface area contributed by atoms with E-state index >= 15 is 0 Å². The van der Waals surface area contributed by atoms with Crippen LogP contribution in [0, 0.1) is 5.41 Å². The number of ether oxygens (including phenoxy) is 1. The molecule has 0 saturated carbocycles. The molecular weight excluding hydrogens is 218 g/mol. The van der Waals surface area contributed by atoms with E-state index in [4.69, 9.17) is 4.74 Å². The zero-order chi connectivity index (χ0) is 12.7. The minimum Gasteiger partial charge on any atom is -0.394 e. The Morgan fingerprint density at radius 1 is 1.41 bits per heavy atom. The Morgan fingerprint density at radius 2 is 2.00 bits per heavy atom. The van der Waals surface area contributed by atoms with Gasteiger partial charge in [-0.25, -0.2) is 0 Å². The van der Waals surface area contributed by atoms with Crippen molar-refractivity contribution in [2.45, 2.75) is 45.3 Å². The summed E-state index contributed by atoms with van der Waals surface area (Å²) >= 11 is 0. The van der Waals surface area contributed by atoms with Crippen molar-refractivity contribution in [3.05, 3.63) is 0 Å². The van der Waals surface area contributed by atoms with Crippen LogP contribution in [0.3, 0.4) is 0 Å². The molecule has 1 N–H and O–H groups in total. The van der Waals surface area contributed by atoms with E-state index in [9.17, 15) is 9.90 Å². The molecule has 3 fully saturated rings. The zero-order valence-electron chi connectivity index (χ0n) is 11.0. The minimum absolute atomic E-state index is 0.0840. The van der Waals surface area contributed by atoms with E-state index in [1.54, 1.807) is 0 Å². The first-order chi connectivity index (χ1) is 7.94. The molecule has 0 aromatic heterocycles. The Kier molecular flexibility index (Phi) is 3.31. The number of rotatable bonds is 4. The molecule has 1 atom stereocenters. The highest BCUT2D eigenvalue weighted by Gasteiger charge is 2.58. The second-order valence-electron chi connectivity index (χ2n) is 5.93. The fourth-order valence-electron chi connectivity index (χ4n) is 3.04. The molecule has 4 nitrogen and oxygen atoms in total. The summed E-state index contributed by atoms with van der Waals surface area (Å²) in [5.41, 5.74) is -1.03. The number of aliphatic hydroxyl groups is 1. The molecule has 3 rings (SSSR count). The van der Waals surface area contributed by atoms with Crippen molar-refractivity contribution in [2.75, 3.05) is 26.3 Å². The van der Waals surface area contributed by atoms with Crippen molar-refractivity contribution in [1.29, 1.82) is 0 Å². The number of Topliss-reactive ketones (excluding diaryl/α,β-unsaturated/α-hetero) is 1. The van der Waals surface area contributed by atoms with Gasteiger partial charge in [-0.3, -0.25) is 9.69 Å². The SMILES string of the molecule is CC(C)OC[C@]1(CO)C(=O)C2(C)CCN1CC2. The predicted octanol–water partition coefficient (Wildman–Crippen LogP) is 0.827. The average Bonchev–Trinajstić information content (AvgIpc) is 2.31. The van der Waals surface area contributed by atoms with Crippen molar-refractivity contribution >= 4 is 5.78 Å². The molecule has 3 saturated heterocycles. The lowest BCUT2D eigenvalue weighted by Gasteiger charge is -2.56. The van der Waals surface area contributed by atoms with Crippen LogP contribution in [0.25, 0.3) is 0 Å². The highest BCUT2D eigenvalue weighted by molar-refractivity contribution is 5.95. The molecule has 0 aliphatic carbocycles. The summed E-state index contributed by atoms with van der Waals surface area (Å²) in [4.78, 5) is 14.7. The van der Waals surface area contributed by atoms with Crippen LogP contribution in [-0.2, 0) is 9.53 Å². The molecule has 0 unspecified atom stereocenters. The first-order valence-corrected chi connectivity index (χ1v) is 6.47. The number of hydrogen-bond donors (Lipinski definition) is 1. The number of hydrogen-bond acceptors (Lipinski definition) is 4. The topological polar surface area (TPSA) is 49.8 Å². The molecule has 0 radical (unpaired) electrons. The lowest BCUT2D eigenvalue weighted by molar-refractivity contribution is -0.172. The summed E-state index contributed by atoms with van der Waals surface area (Å²) in [6, 6.07) is 0. The van der Waals surface area contributed by atoms with Gasteiger partial charge in [-0.1, -0.05) is 6.92 Å². The average molecular weight is 241 g/mol. The van der Waals surface area contributed by atoms with Gasteiger partial charge in [0.2, 0.25) is 0 Å². The van der Waals surface area contributed by atoms with Crippen LogP contribution in [0.1, 0.15) is 33.6 Å². The zero-order valence-corrected chi connectivity index (χ0v) is 11.0. The third-order valence-corrected chi connectivity index (χ3v) is 4.36. The van der Waals surface area contributed by atoms with Gasteiger partial charge in [0, 0.05) is 18.5 Å². The number of nitrogens with zero attached hydrogens (tertiary/aromatic N) is 1. The quantitative estimate of drug-likeness (QED) is 0.792. The van der Waals surface area contributed by atoms with Gasteiger partial charge < -0.3 is 9.84 Å². The highest BCUT2D eigenvalue weighted by Crippen LogP contribution is 2.44. The van der Waals surface area contributed by atoms with E-state index in [0.717, 1.165) is 25.9 Å². The fraction of sp³-hybridized carbons (Fsp3) is 0.923. The number of carbonyl (C=O) groups is 1. The van der Waals surface area contributed by atoms with E-state index in [1.807, 2.05) is 20.8 Å². The lowest BCUT2D eigenvalue weighted by atomic mass is 9.64. The van der Waals surface area contributed by atoms with Crippen LogP contribution < -0.4 is 0 Å². The van der Waals surface area contributed by atoms with E-state index in [0.29, 0.717) is 6.61 Å². The Hall–Kier alpha value is -0.450. The maximum absolute atomic E-state index is 12.6. The minimum atomic E-state index is -0.782. The molecule has 0 spiro atoms. The van der Waals surface area contributed by atoms with Gasteiger partial charge in [0.15, 0.2) is 5.78 Å². The van der Waals surface area contributed by atoms with Gasteiger partial charge >= 0.3 is 0 Å². The van der Waals surface area contributed by atoms with Gasteiger partial charge in [-0.05, 0) is 26.7 Å². The Morgan fingerprint density at radius 3 is 2.47 bits per heavy atom. The molecule has 17 heavy (non-hydrogen) atoms. The Bertz CT molecular complexity index is 308. The molecule has 3 aliphatic rings. The largest absolute Gasteiger partial charge is 0.394 e. The molecular formula is C13H23NO3. The highest BCUT2D eigenvalue weighted by atomic mass is 16.5. The van der Waals surface area contributed by atoms with Crippen LogP contribution in [0.4, 0.5) is 0 Å². The third-order valence-electron chi connectivity index (χ3n) is 4.36. The van der Waals surface area contributed by atoms with Crippen LogP contribution in [0.2, 0.25) is 0 Å². The van der Waals surface area contributed by atoms with E-state index < -0.39 is 5.54 Å². The fourth-order valence-corrected chi connectivity index (χ4v) is 3.04. The summed E-state index contributed by atoms with van der Waals surface area (Å²) in [5, 5.41) is 9.72. The summed E-state index contributed by atoms with van der Waals surface area (Å²) in [5.74, 6) is 0.172. The first-order valence-electron chi connectivity index (χ1n) is 6.47.